The Bertz CT molecular complexity index is 827. The van der Waals surface area contributed by atoms with Crippen LogP contribution < -0.4 is 5.32 Å². The van der Waals surface area contributed by atoms with Crippen molar-refractivity contribution >= 4 is 11.8 Å². The molecule has 0 aliphatic carbocycles. The SMILES string of the molecule is Cc1ccc(C(=O)NCC(=O)N2CCC(C(O)c3ccccc3)CC2)cc1C. The van der Waals surface area contributed by atoms with Crippen molar-refractivity contribution < 1.29 is 14.7 Å². The van der Waals surface area contributed by atoms with Crippen LogP contribution in [-0.2, 0) is 4.79 Å². The summed E-state index contributed by atoms with van der Waals surface area (Å²) >= 11 is 0. The predicted molar refractivity (Wildman–Crippen MR) is 109 cm³/mol. The van der Waals surface area contributed by atoms with Crippen molar-refractivity contribution in [1.29, 1.82) is 0 Å². The molecule has 1 saturated heterocycles. The van der Waals surface area contributed by atoms with E-state index >= 15 is 0 Å². The van der Waals surface area contributed by atoms with Gasteiger partial charge in [0, 0.05) is 18.7 Å². The van der Waals surface area contributed by atoms with Crippen molar-refractivity contribution in [3.05, 3.63) is 70.8 Å². The fraction of sp³-hybridized carbons (Fsp3) is 0.391. The highest BCUT2D eigenvalue weighted by atomic mass is 16.3. The summed E-state index contributed by atoms with van der Waals surface area (Å²) in [6.45, 7) is 5.17. The first-order chi connectivity index (χ1) is 13.5. The third-order valence-corrected chi connectivity index (χ3v) is 5.65. The number of likely N-dealkylation sites (tertiary alicyclic amines) is 1. The number of aryl methyl sites for hydroxylation is 2. The normalized spacial score (nSPS) is 15.9. The monoisotopic (exact) mass is 380 g/mol. The van der Waals surface area contributed by atoms with Crippen LogP contribution in [-0.4, -0.2) is 41.5 Å². The lowest BCUT2D eigenvalue weighted by atomic mass is 9.87. The van der Waals surface area contributed by atoms with Crippen molar-refractivity contribution in [3.63, 3.8) is 0 Å². The second-order valence-electron chi connectivity index (χ2n) is 7.56. The van der Waals surface area contributed by atoms with E-state index in [0.717, 1.165) is 29.5 Å². The molecule has 0 radical (unpaired) electrons. The van der Waals surface area contributed by atoms with Crippen molar-refractivity contribution in [2.24, 2.45) is 5.92 Å². The van der Waals surface area contributed by atoms with Gasteiger partial charge in [0.25, 0.3) is 5.91 Å². The van der Waals surface area contributed by atoms with Crippen LogP contribution in [0.15, 0.2) is 48.5 Å². The van der Waals surface area contributed by atoms with Gasteiger partial charge in [-0.25, -0.2) is 0 Å². The summed E-state index contributed by atoms with van der Waals surface area (Å²) in [7, 11) is 0. The number of benzene rings is 2. The maximum absolute atomic E-state index is 12.5. The number of rotatable bonds is 5. The van der Waals surface area contributed by atoms with Crippen molar-refractivity contribution in [1.82, 2.24) is 10.2 Å². The van der Waals surface area contributed by atoms with E-state index in [4.69, 9.17) is 0 Å². The average Bonchev–Trinajstić information content (AvgIpc) is 2.74. The molecule has 148 valence electrons. The summed E-state index contributed by atoms with van der Waals surface area (Å²) in [5, 5.41) is 13.3. The molecule has 1 heterocycles. The molecule has 2 amide bonds. The van der Waals surface area contributed by atoms with Gasteiger partial charge in [0.1, 0.15) is 0 Å². The highest BCUT2D eigenvalue weighted by Crippen LogP contribution is 2.30. The Morgan fingerprint density at radius 3 is 2.39 bits per heavy atom. The highest BCUT2D eigenvalue weighted by Gasteiger charge is 2.28. The second-order valence-corrected chi connectivity index (χ2v) is 7.56. The molecule has 2 N–H and O–H groups in total. The number of aliphatic hydroxyl groups is 1. The molecule has 0 aromatic heterocycles. The first-order valence-corrected chi connectivity index (χ1v) is 9.82. The van der Waals surface area contributed by atoms with E-state index in [1.807, 2.05) is 56.3 Å². The molecule has 5 heteroatoms. The summed E-state index contributed by atoms with van der Waals surface area (Å²) in [5.74, 6) is -0.160. The van der Waals surface area contributed by atoms with Gasteiger partial charge in [0.15, 0.2) is 0 Å². The molecule has 3 rings (SSSR count). The summed E-state index contributed by atoms with van der Waals surface area (Å²) in [4.78, 5) is 26.5. The van der Waals surface area contributed by atoms with E-state index in [0.29, 0.717) is 18.7 Å². The van der Waals surface area contributed by atoms with Gasteiger partial charge in [0.2, 0.25) is 5.91 Å². The van der Waals surface area contributed by atoms with Gasteiger partial charge in [-0.1, -0.05) is 36.4 Å². The Balaban J connectivity index is 1.47. The van der Waals surface area contributed by atoms with E-state index in [1.54, 1.807) is 11.0 Å². The molecular formula is C23H28N2O3. The lowest BCUT2D eigenvalue weighted by Gasteiger charge is -2.34. The van der Waals surface area contributed by atoms with E-state index in [9.17, 15) is 14.7 Å². The van der Waals surface area contributed by atoms with E-state index < -0.39 is 6.10 Å². The van der Waals surface area contributed by atoms with E-state index in [1.165, 1.54) is 0 Å². The number of nitrogens with zero attached hydrogens (tertiary/aromatic N) is 1. The summed E-state index contributed by atoms with van der Waals surface area (Å²) in [6.07, 6.45) is 1.02. The zero-order valence-corrected chi connectivity index (χ0v) is 16.5. The Morgan fingerprint density at radius 2 is 1.75 bits per heavy atom. The zero-order valence-electron chi connectivity index (χ0n) is 16.5. The van der Waals surface area contributed by atoms with Gasteiger partial charge < -0.3 is 15.3 Å². The van der Waals surface area contributed by atoms with Gasteiger partial charge in [0.05, 0.1) is 12.6 Å². The number of carbonyl (C=O) groups is 2. The summed E-state index contributed by atoms with van der Waals surface area (Å²) in [5.41, 5.74) is 3.68. The molecular weight excluding hydrogens is 352 g/mol. The van der Waals surface area contributed by atoms with Gasteiger partial charge in [-0.2, -0.15) is 0 Å². The molecule has 28 heavy (non-hydrogen) atoms. The molecule has 2 aromatic carbocycles. The maximum Gasteiger partial charge on any atom is 0.251 e. The van der Waals surface area contributed by atoms with Crippen LogP contribution in [0.4, 0.5) is 0 Å². The van der Waals surface area contributed by atoms with Crippen LogP contribution in [0, 0.1) is 19.8 Å². The first-order valence-electron chi connectivity index (χ1n) is 9.82. The minimum atomic E-state index is -0.497. The molecule has 1 atom stereocenters. The van der Waals surface area contributed by atoms with Crippen molar-refractivity contribution in [2.45, 2.75) is 32.8 Å². The molecule has 5 nitrogen and oxygen atoms in total. The van der Waals surface area contributed by atoms with Gasteiger partial charge >= 0.3 is 0 Å². The Labute approximate surface area is 166 Å². The van der Waals surface area contributed by atoms with Gasteiger partial charge in [-0.05, 0) is 61.4 Å². The molecule has 0 bridgehead atoms. The van der Waals surface area contributed by atoms with Crippen LogP contribution in [0.3, 0.4) is 0 Å². The standard InChI is InChI=1S/C23H28N2O3/c1-16-8-9-20(14-17(16)2)23(28)24-15-21(26)25-12-10-19(11-13-25)22(27)18-6-4-3-5-7-18/h3-9,14,19,22,27H,10-13,15H2,1-2H3,(H,24,28). The van der Waals surface area contributed by atoms with Crippen LogP contribution in [0.2, 0.25) is 0 Å². The summed E-state index contributed by atoms with van der Waals surface area (Å²) < 4.78 is 0. The van der Waals surface area contributed by atoms with Crippen LogP contribution in [0.1, 0.15) is 46.0 Å². The predicted octanol–water partition coefficient (Wildman–Crippen LogP) is 3.01. The molecule has 2 aromatic rings. The van der Waals surface area contributed by atoms with Gasteiger partial charge in [-0.3, -0.25) is 9.59 Å². The quantitative estimate of drug-likeness (QED) is 0.838. The third kappa shape index (κ3) is 4.78. The topological polar surface area (TPSA) is 69.6 Å². The number of hydrogen-bond donors (Lipinski definition) is 2. The Morgan fingerprint density at radius 1 is 1.07 bits per heavy atom. The molecule has 1 aliphatic rings. The molecule has 1 aliphatic heterocycles. The Kier molecular flexibility index (Phi) is 6.47. The largest absolute Gasteiger partial charge is 0.388 e. The number of aliphatic hydroxyl groups excluding tert-OH is 1. The van der Waals surface area contributed by atoms with Crippen molar-refractivity contribution in [3.8, 4) is 0 Å². The first kappa shape index (κ1) is 20.1. The minimum Gasteiger partial charge on any atom is -0.388 e. The second kappa shape index (κ2) is 9.02. The smallest absolute Gasteiger partial charge is 0.251 e. The average molecular weight is 380 g/mol. The highest BCUT2D eigenvalue weighted by molar-refractivity contribution is 5.96. The van der Waals surface area contributed by atoms with Crippen molar-refractivity contribution in [2.75, 3.05) is 19.6 Å². The molecule has 1 unspecified atom stereocenters. The zero-order chi connectivity index (χ0) is 20.1. The number of hydrogen-bond acceptors (Lipinski definition) is 3. The fourth-order valence-corrected chi connectivity index (χ4v) is 3.64. The number of piperidine rings is 1. The fourth-order valence-electron chi connectivity index (χ4n) is 3.64. The van der Waals surface area contributed by atoms with E-state index in [2.05, 4.69) is 5.32 Å². The maximum atomic E-state index is 12.5. The van der Waals surface area contributed by atoms with Gasteiger partial charge in [-0.15, -0.1) is 0 Å². The van der Waals surface area contributed by atoms with E-state index in [-0.39, 0.29) is 24.3 Å². The molecule has 1 fully saturated rings. The van der Waals surface area contributed by atoms with Crippen LogP contribution in [0.25, 0.3) is 0 Å². The number of carbonyl (C=O) groups excluding carboxylic acids is 2. The number of nitrogens with one attached hydrogen (secondary N) is 1. The third-order valence-electron chi connectivity index (χ3n) is 5.65. The minimum absolute atomic E-state index is 0.00232. The number of amides is 2. The lowest BCUT2D eigenvalue weighted by molar-refractivity contribution is -0.132. The lowest BCUT2D eigenvalue weighted by Crippen LogP contribution is -2.44. The molecule has 0 spiro atoms. The van der Waals surface area contributed by atoms with Crippen LogP contribution in [0.5, 0.6) is 0 Å². The Hall–Kier alpha value is -2.66. The molecule has 0 saturated carbocycles. The van der Waals surface area contributed by atoms with Crippen LogP contribution >= 0.6 is 0 Å². The summed E-state index contributed by atoms with van der Waals surface area (Å²) in [6, 6.07) is 15.2.